The highest BCUT2D eigenvalue weighted by atomic mass is 19.1. The lowest BCUT2D eigenvalue weighted by Crippen LogP contribution is -2.23. The van der Waals surface area contributed by atoms with Crippen molar-refractivity contribution in [3.8, 4) is 17.3 Å². The Morgan fingerprint density at radius 3 is 2.52 bits per heavy atom. The van der Waals surface area contributed by atoms with Crippen LogP contribution in [-0.2, 0) is 6.54 Å². The highest BCUT2D eigenvalue weighted by molar-refractivity contribution is 5.96. The van der Waals surface area contributed by atoms with Gasteiger partial charge in [-0.05, 0) is 42.8 Å². The van der Waals surface area contributed by atoms with Gasteiger partial charge < -0.3 is 10.1 Å². The fourth-order valence-electron chi connectivity index (χ4n) is 3.00. The summed E-state index contributed by atoms with van der Waals surface area (Å²) < 4.78 is 32.6. The number of carbonyl (C=O) groups excluding carboxylic acids is 1. The summed E-state index contributed by atoms with van der Waals surface area (Å²) in [6, 6.07) is 11.5. The van der Waals surface area contributed by atoms with Crippen LogP contribution in [0.5, 0.6) is 11.5 Å². The van der Waals surface area contributed by atoms with Crippen molar-refractivity contribution in [2.45, 2.75) is 13.5 Å². The number of rotatable bonds is 6. The zero-order valence-electron chi connectivity index (χ0n) is 16.4. The maximum Gasteiger partial charge on any atom is 0.251 e. The number of hydrogen-bond donors (Lipinski definition) is 1. The van der Waals surface area contributed by atoms with E-state index in [9.17, 15) is 13.6 Å². The molecule has 2 aromatic heterocycles. The lowest BCUT2D eigenvalue weighted by atomic mass is 10.1. The summed E-state index contributed by atoms with van der Waals surface area (Å²) in [5.41, 5.74) is 1.32. The Bertz CT molecular complexity index is 1210. The van der Waals surface area contributed by atoms with E-state index in [1.807, 2.05) is 0 Å². The minimum Gasteiger partial charge on any atom is -0.457 e. The predicted octanol–water partition coefficient (Wildman–Crippen LogP) is 3.97. The topological polar surface area (TPSA) is 81.9 Å². The Morgan fingerprint density at radius 2 is 1.77 bits per heavy atom. The lowest BCUT2D eigenvalue weighted by Gasteiger charge is -2.13. The van der Waals surface area contributed by atoms with E-state index in [1.54, 1.807) is 55.8 Å². The van der Waals surface area contributed by atoms with Crippen molar-refractivity contribution in [2.24, 2.45) is 0 Å². The molecule has 0 spiro atoms. The van der Waals surface area contributed by atoms with E-state index >= 15 is 0 Å². The smallest absolute Gasteiger partial charge is 0.251 e. The standard InChI is InChI=1S/C22H17F2N5O2/c1-14-19(22(30)26-13-15-9-16(23)11-17(24)10-15)3-2-4-20(14)31-18-5-6-25-21(12-18)29-27-7-8-28-29/h2-12H,13H2,1H3,(H,26,30). The third-order valence-electron chi connectivity index (χ3n) is 4.47. The zero-order valence-corrected chi connectivity index (χ0v) is 16.4. The highest BCUT2D eigenvalue weighted by Crippen LogP contribution is 2.27. The van der Waals surface area contributed by atoms with Gasteiger partial charge >= 0.3 is 0 Å². The summed E-state index contributed by atoms with van der Waals surface area (Å²) in [6.07, 6.45) is 4.65. The normalized spacial score (nSPS) is 10.7. The van der Waals surface area contributed by atoms with Crippen molar-refractivity contribution < 1.29 is 18.3 Å². The Kier molecular flexibility index (Phi) is 5.65. The van der Waals surface area contributed by atoms with E-state index in [4.69, 9.17) is 4.74 Å². The molecular weight excluding hydrogens is 404 g/mol. The summed E-state index contributed by atoms with van der Waals surface area (Å²) in [7, 11) is 0. The maximum atomic E-state index is 13.3. The van der Waals surface area contributed by atoms with Crippen LogP contribution in [0.4, 0.5) is 8.78 Å². The average Bonchev–Trinajstić information content (AvgIpc) is 3.28. The van der Waals surface area contributed by atoms with E-state index in [0.717, 1.165) is 6.07 Å². The SMILES string of the molecule is Cc1c(Oc2ccnc(-n3nccn3)c2)cccc1C(=O)NCc1cc(F)cc(F)c1. The number of carbonyl (C=O) groups is 1. The fraction of sp³-hybridized carbons (Fsp3) is 0.0909. The maximum absolute atomic E-state index is 13.3. The van der Waals surface area contributed by atoms with E-state index in [-0.39, 0.29) is 12.5 Å². The summed E-state index contributed by atoms with van der Waals surface area (Å²) in [6.45, 7) is 1.74. The van der Waals surface area contributed by atoms with Gasteiger partial charge in [0.15, 0.2) is 5.82 Å². The molecule has 0 aliphatic rings. The van der Waals surface area contributed by atoms with Gasteiger partial charge in [-0.3, -0.25) is 4.79 Å². The quantitative estimate of drug-likeness (QED) is 0.509. The molecule has 0 fully saturated rings. The number of benzene rings is 2. The van der Waals surface area contributed by atoms with Crippen LogP contribution < -0.4 is 10.1 Å². The molecule has 4 rings (SSSR count). The molecule has 0 unspecified atom stereocenters. The minimum absolute atomic E-state index is 0.0113. The molecule has 1 N–H and O–H groups in total. The van der Waals surface area contributed by atoms with E-state index in [0.29, 0.717) is 34.0 Å². The Morgan fingerprint density at radius 1 is 1.03 bits per heavy atom. The first-order chi connectivity index (χ1) is 15.0. The molecule has 0 radical (unpaired) electrons. The molecular formula is C22H17F2N5O2. The summed E-state index contributed by atoms with van der Waals surface area (Å²) in [5.74, 6) is -0.316. The van der Waals surface area contributed by atoms with Crippen molar-refractivity contribution in [3.05, 3.63) is 95.4 Å². The summed E-state index contributed by atoms with van der Waals surface area (Å²) in [5, 5.41) is 10.7. The summed E-state index contributed by atoms with van der Waals surface area (Å²) in [4.78, 5) is 18.2. The van der Waals surface area contributed by atoms with Crippen LogP contribution in [-0.4, -0.2) is 25.9 Å². The molecule has 1 amide bonds. The second kappa shape index (κ2) is 8.70. The molecule has 2 heterocycles. The van der Waals surface area contributed by atoms with Gasteiger partial charge in [-0.2, -0.15) is 10.2 Å². The molecule has 0 bridgehead atoms. The number of ether oxygens (including phenoxy) is 1. The lowest BCUT2D eigenvalue weighted by molar-refractivity contribution is 0.0950. The third kappa shape index (κ3) is 4.72. The molecule has 156 valence electrons. The molecule has 0 aliphatic heterocycles. The fourth-order valence-corrected chi connectivity index (χ4v) is 3.00. The third-order valence-corrected chi connectivity index (χ3v) is 4.47. The van der Waals surface area contributed by atoms with Crippen LogP contribution >= 0.6 is 0 Å². The van der Waals surface area contributed by atoms with E-state index in [1.165, 1.54) is 16.9 Å². The summed E-state index contributed by atoms with van der Waals surface area (Å²) >= 11 is 0. The van der Waals surface area contributed by atoms with Gasteiger partial charge in [0.25, 0.3) is 5.91 Å². The number of halogens is 2. The molecule has 31 heavy (non-hydrogen) atoms. The van der Waals surface area contributed by atoms with Crippen molar-refractivity contribution >= 4 is 5.91 Å². The van der Waals surface area contributed by atoms with Gasteiger partial charge in [0.05, 0.1) is 12.4 Å². The van der Waals surface area contributed by atoms with Crippen molar-refractivity contribution in [3.63, 3.8) is 0 Å². The molecule has 0 saturated heterocycles. The Balaban J connectivity index is 1.50. The van der Waals surface area contributed by atoms with Crippen LogP contribution in [0.1, 0.15) is 21.5 Å². The number of aromatic nitrogens is 4. The second-order valence-corrected chi connectivity index (χ2v) is 6.66. The van der Waals surface area contributed by atoms with Crippen molar-refractivity contribution in [2.75, 3.05) is 0 Å². The van der Waals surface area contributed by atoms with Gasteiger partial charge in [0, 0.05) is 36.0 Å². The van der Waals surface area contributed by atoms with Crippen LogP contribution in [0, 0.1) is 18.6 Å². The average molecular weight is 421 g/mol. The number of hydrogen-bond acceptors (Lipinski definition) is 5. The van der Waals surface area contributed by atoms with Crippen LogP contribution in [0.2, 0.25) is 0 Å². The second-order valence-electron chi connectivity index (χ2n) is 6.66. The van der Waals surface area contributed by atoms with Gasteiger partial charge in [-0.1, -0.05) is 6.07 Å². The number of pyridine rings is 1. The number of nitrogens with zero attached hydrogens (tertiary/aromatic N) is 4. The molecule has 7 nitrogen and oxygen atoms in total. The molecule has 0 saturated carbocycles. The van der Waals surface area contributed by atoms with Crippen LogP contribution in [0.3, 0.4) is 0 Å². The largest absolute Gasteiger partial charge is 0.457 e. The molecule has 9 heteroatoms. The molecule has 4 aromatic rings. The first-order valence-electron chi connectivity index (χ1n) is 9.33. The van der Waals surface area contributed by atoms with Crippen LogP contribution in [0.15, 0.2) is 67.1 Å². The van der Waals surface area contributed by atoms with Gasteiger partial charge in [-0.25, -0.2) is 13.8 Å². The van der Waals surface area contributed by atoms with E-state index in [2.05, 4.69) is 20.5 Å². The first kappa shape index (κ1) is 20.1. The van der Waals surface area contributed by atoms with Crippen molar-refractivity contribution in [1.82, 2.24) is 25.3 Å². The Labute approximate surface area is 176 Å². The number of nitrogens with one attached hydrogen (secondary N) is 1. The van der Waals surface area contributed by atoms with Gasteiger partial charge in [0.1, 0.15) is 23.1 Å². The van der Waals surface area contributed by atoms with Crippen LogP contribution in [0.25, 0.3) is 5.82 Å². The molecule has 0 atom stereocenters. The molecule has 2 aromatic carbocycles. The highest BCUT2D eigenvalue weighted by Gasteiger charge is 2.14. The minimum atomic E-state index is -0.696. The van der Waals surface area contributed by atoms with Gasteiger partial charge in [-0.15, -0.1) is 4.80 Å². The van der Waals surface area contributed by atoms with Crippen molar-refractivity contribution in [1.29, 1.82) is 0 Å². The zero-order chi connectivity index (χ0) is 21.8. The first-order valence-corrected chi connectivity index (χ1v) is 9.33. The van der Waals surface area contributed by atoms with E-state index < -0.39 is 11.6 Å². The van der Waals surface area contributed by atoms with Gasteiger partial charge in [0.2, 0.25) is 0 Å². The molecule has 0 aliphatic carbocycles. The predicted molar refractivity (Wildman–Crippen MR) is 108 cm³/mol. The Hall–Kier alpha value is -4.14. The monoisotopic (exact) mass is 421 g/mol. The number of amides is 1.